The Balaban J connectivity index is 2.03. The third kappa shape index (κ3) is 2.52. The van der Waals surface area contributed by atoms with E-state index in [0.29, 0.717) is 17.1 Å². The second-order valence-electron chi connectivity index (χ2n) is 4.79. The summed E-state index contributed by atoms with van der Waals surface area (Å²) in [6, 6.07) is 11.5. The van der Waals surface area contributed by atoms with Gasteiger partial charge >= 0.3 is 0 Å². The lowest BCUT2D eigenvalue weighted by atomic mass is 10.1. The zero-order chi connectivity index (χ0) is 15.0. The summed E-state index contributed by atoms with van der Waals surface area (Å²) in [5.41, 5.74) is 8.16. The van der Waals surface area contributed by atoms with Crippen molar-refractivity contribution < 1.29 is 8.78 Å². The molecule has 0 saturated heterocycles. The SMILES string of the molecule is NC(=S)c1cccc2c1ccn2Cc1ccc(F)c(F)c1. The van der Waals surface area contributed by atoms with Crippen LogP contribution in [0.25, 0.3) is 10.9 Å². The zero-order valence-electron chi connectivity index (χ0n) is 11.0. The van der Waals surface area contributed by atoms with Crippen molar-refractivity contribution in [3.63, 3.8) is 0 Å². The molecule has 0 radical (unpaired) electrons. The van der Waals surface area contributed by atoms with Gasteiger partial charge in [-0.15, -0.1) is 0 Å². The number of fused-ring (bicyclic) bond motifs is 1. The van der Waals surface area contributed by atoms with E-state index in [-0.39, 0.29) is 0 Å². The molecule has 0 bridgehead atoms. The number of thiocarbonyl (C=S) groups is 1. The predicted molar refractivity (Wildman–Crippen MR) is 83.3 cm³/mol. The van der Waals surface area contributed by atoms with Crippen LogP contribution in [-0.4, -0.2) is 9.56 Å². The minimum atomic E-state index is -0.841. The molecule has 106 valence electrons. The highest BCUT2D eigenvalue weighted by Crippen LogP contribution is 2.21. The van der Waals surface area contributed by atoms with Gasteiger partial charge in [-0.3, -0.25) is 0 Å². The molecule has 2 aromatic carbocycles. The molecule has 1 heterocycles. The van der Waals surface area contributed by atoms with E-state index in [0.717, 1.165) is 22.5 Å². The summed E-state index contributed by atoms with van der Waals surface area (Å²) in [7, 11) is 0. The average molecular weight is 302 g/mol. The Morgan fingerprint density at radius 2 is 1.90 bits per heavy atom. The summed E-state index contributed by atoms with van der Waals surface area (Å²) in [4.78, 5) is 0.339. The van der Waals surface area contributed by atoms with Gasteiger partial charge in [-0.25, -0.2) is 8.78 Å². The number of rotatable bonds is 3. The minimum Gasteiger partial charge on any atom is -0.389 e. The van der Waals surface area contributed by atoms with Gasteiger partial charge in [-0.1, -0.05) is 30.4 Å². The predicted octanol–water partition coefficient (Wildman–Crippen LogP) is 3.60. The van der Waals surface area contributed by atoms with E-state index >= 15 is 0 Å². The van der Waals surface area contributed by atoms with Gasteiger partial charge in [0.05, 0.1) is 0 Å². The molecule has 1 aromatic heterocycles. The molecule has 0 amide bonds. The van der Waals surface area contributed by atoms with Gasteiger partial charge in [0.25, 0.3) is 0 Å². The molecule has 0 aliphatic rings. The number of halogens is 2. The first-order valence-corrected chi connectivity index (χ1v) is 6.78. The van der Waals surface area contributed by atoms with E-state index in [1.807, 2.05) is 35.0 Å². The molecule has 0 atom stereocenters. The number of nitrogens with zero attached hydrogens (tertiary/aromatic N) is 1. The Labute approximate surface area is 125 Å². The Hall–Kier alpha value is -2.27. The maximum absolute atomic E-state index is 13.3. The van der Waals surface area contributed by atoms with Gasteiger partial charge in [-0.2, -0.15) is 0 Å². The van der Waals surface area contributed by atoms with Gasteiger partial charge < -0.3 is 10.3 Å². The van der Waals surface area contributed by atoms with Crippen LogP contribution in [0.4, 0.5) is 8.78 Å². The number of hydrogen-bond donors (Lipinski definition) is 1. The van der Waals surface area contributed by atoms with E-state index < -0.39 is 11.6 Å². The van der Waals surface area contributed by atoms with Crippen LogP contribution in [0.2, 0.25) is 0 Å². The van der Waals surface area contributed by atoms with Crippen LogP contribution < -0.4 is 5.73 Å². The largest absolute Gasteiger partial charge is 0.389 e. The van der Waals surface area contributed by atoms with Crippen molar-refractivity contribution in [1.29, 1.82) is 0 Å². The average Bonchev–Trinajstić information content (AvgIpc) is 2.86. The summed E-state index contributed by atoms with van der Waals surface area (Å²) in [5, 5.41) is 0.951. The third-order valence-electron chi connectivity index (χ3n) is 3.42. The lowest BCUT2D eigenvalue weighted by Crippen LogP contribution is -2.09. The lowest BCUT2D eigenvalue weighted by molar-refractivity contribution is 0.506. The number of benzene rings is 2. The van der Waals surface area contributed by atoms with Crippen molar-refractivity contribution in [2.75, 3.05) is 0 Å². The fourth-order valence-electron chi connectivity index (χ4n) is 2.41. The highest BCUT2D eigenvalue weighted by atomic mass is 32.1. The quantitative estimate of drug-likeness (QED) is 0.749. The van der Waals surface area contributed by atoms with Crippen molar-refractivity contribution in [2.45, 2.75) is 6.54 Å². The molecule has 3 rings (SSSR count). The fraction of sp³-hybridized carbons (Fsp3) is 0.0625. The van der Waals surface area contributed by atoms with Gasteiger partial charge in [0.15, 0.2) is 11.6 Å². The first kappa shape index (κ1) is 13.7. The van der Waals surface area contributed by atoms with Crippen LogP contribution in [0.15, 0.2) is 48.7 Å². The van der Waals surface area contributed by atoms with Crippen LogP contribution >= 0.6 is 12.2 Å². The highest BCUT2D eigenvalue weighted by molar-refractivity contribution is 7.80. The number of hydrogen-bond acceptors (Lipinski definition) is 1. The fourth-order valence-corrected chi connectivity index (χ4v) is 2.59. The summed E-state index contributed by atoms with van der Waals surface area (Å²) in [6.07, 6.45) is 1.88. The van der Waals surface area contributed by atoms with Crippen LogP contribution in [0, 0.1) is 11.6 Å². The van der Waals surface area contributed by atoms with Gasteiger partial charge in [0, 0.05) is 29.2 Å². The van der Waals surface area contributed by atoms with Gasteiger partial charge in [0.2, 0.25) is 0 Å². The zero-order valence-corrected chi connectivity index (χ0v) is 11.8. The van der Waals surface area contributed by atoms with Crippen molar-refractivity contribution in [3.8, 4) is 0 Å². The van der Waals surface area contributed by atoms with E-state index in [1.54, 1.807) is 6.07 Å². The third-order valence-corrected chi connectivity index (χ3v) is 3.64. The smallest absolute Gasteiger partial charge is 0.159 e. The molecule has 0 unspecified atom stereocenters. The summed E-state index contributed by atoms with van der Waals surface area (Å²) in [5.74, 6) is -1.68. The summed E-state index contributed by atoms with van der Waals surface area (Å²) >= 11 is 5.04. The monoisotopic (exact) mass is 302 g/mol. The maximum atomic E-state index is 13.3. The molecule has 21 heavy (non-hydrogen) atoms. The van der Waals surface area contributed by atoms with E-state index in [4.69, 9.17) is 18.0 Å². The summed E-state index contributed by atoms with van der Waals surface area (Å²) in [6.45, 7) is 0.446. The topological polar surface area (TPSA) is 30.9 Å². The molecular formula is C16H12F2N2S. The van der Waals surface area contributed by atoms with E-state index in [9.17, 15) is 8.78 Å². The van der Waals surface area contributed by atoms with E-state index in [2.05, 4.69) is 0 Å². The molecule has 5 heteroatoms. The molecule has 0 aliphatic carbocycles. The van der Waals surface area contributed by atoms with Crippen LogP contribution in [0.3, 0.4) is 0 Å². The maximum Gasteiger partial charge on any atom is 0.159 e. The highest BCUT2D eigenvalue weighted by Gasteiger charge is 2.09. The number of aromatic nitrogens is 1. The van der Waals surface area contributed by atoms with Crippen LogP contribution in [0.1, 0.15) is 11.1 Å². The van der Waals surface area contributed by atoms with Crippen LogP contribution in [-0.2, 0) is 6.54 Å². The van der Waals surface area contributed by atoms with Crippen molar-refractivity contribution in [1.82, 2.24) is 4.57 Å². The first-order chi connectivity index (χ1) is 10.1. The number of nitrogens with two attached hydrogens (primary N) is 1. The Bertz CT molecular complexity index is 839. The van der Waals surface area contributed by atoms with Crippen LogP contribution in [0.5, 0.6) is 0 Å². The molecule has 2 nitrogen and oxygen atoms in total. The Morgan fingerprint density at radius 3 is 2.62 bits per heavy atom. The normalized spacial score (nSPS) is 11.0. The Kier molecular flexibility index (Phi) is 3.43. The molecule has 3 aromatic rings. The van der Waals surface area contributed by atoms with Gasteiger partial charge in [0.1, 0.15) is 4.99 Å². The lowest BCUT2D eigenvalue weighted by Gasteiger charge is -2.07. The van der Waals surface area contributed by atoms with E-state index in [1.165, 1.54) is 6.07 Å². The van der Waals surface area contributed by atoms with Crippen molar-refractivity contribution >= 4 is 28.1 Å². The minimum absolute atomic E-state index is 0.339. The second kappa shape index (κ2) is 5.26. The van der Waals surface area contributed by atoms with Gasteiger partial charge in [-0.05, 0) is 29.8 Å². The van der Waals surface area contributed by atoms with Crippen molar-refractivity contribution in [2.24, 2.45) is 5.73 Å². The molecule has 2 N–H and O–H groups in total. The molecular weight excluding hydrogens is 290 g/mol. The van der Waals surface area contributed by atoms with Crippen molar-refractivity contribution in [3.05, 3.63) is 71.4 Å². The molecule has 0 spiro atoms. The first-order valence-electron chi connectivity index (χ1n) is 6.38. The summed E-state index contributed by atoms with van der Waals surface area (Å²) < 4.78 is 28.2. The molecule has 0 aliphatic heterocycles. The second-order valence-corrected chi connectivity index (χ2v) is 5.23. The standard InChI is InChI=1S/C16H12F2N2S/c17-13-5-4-10(8-14(13)18)9-20-7-6-11-12(16(19)21)2-1-3-15(11)20/h1-8H,9H2,(H2,19,21). The molecule has 0 fully saturated rings. The Morgan fingerprint density at radius 1 is 1.10 bits per heavy atom. The molecule has 0 saturated carbocycles.